The molecule has 0 unspecified atom stereocenters. The first kappa shape index (κ1) is 8.65. The largest absolute Gasteiger partial charge is 0.246 e. The Hall–Kier alpha value is -0.440. The number of hydrogen-bond acceptors (Lipinski definition) is 0. The lowest BCUT2D eigenvalue weighted by molar-refractivity contribution is 0.461. The molecule has 1 rings (SSSR count). The van der Waals surface area contributed by atoms with Crippen LogP contribution < -0.4 is 0 Å². The Balaban J connectivity index is 3.25. The molecule has 0 aromatic heterocycles. The van der Waals surface area contributed by atoms with Gasteiger partial charge < -0.3 is 0 Å². The van der Waals surface area contributed by atoms with Crippen molar-refractivity contribution in [1.82, 2.24) is 0 Å². The third-order valence-corrected chi connectivity index (χ3v) is 1.97. The van der Waals surface area contributed by atoms with Crippen LogP contribution in [0.4, 0.5) is 8.78 Å². The molecule has 0 nitrogen and oxygen atoms in total. The van der Waals surface area contributed by atoms with Crippen LogP contribution in [0.3, 0.4) is 0 Å². The molecule has 0 amide bonds. The van der Waals surface area contributed by atoms with Gasteiger partial charge in [-0.15, -0.1) is 0 Å². The molecular formula is C8H7BrF2. The summed E-state index contributed by atoms with van der Waals surface area (Å²) in [4.78, 5) is 0. The highest BCUT2D eigenvalue weighted by Gasteiger charge is 2.05. The van der Waals surface area contributed by atoms with E-state index in [9.17, 15) is 8.78 Å². The number of rotatable bonds is 1. The van der Waals surface area contributed by atoms with Gasteiger partial charge in [0.25, 0.3) is 0 Å². The molecule has 0 atom stereocenters. The summed E-state index contributed by atoms with van der Waals surface area (Å²) in [6.45, 7) is 0.938. The zero-order chi connectivity index (χ0) is 8.43. The Morgan fingerprint density at radius 3 is 2.55 bits per heavy atom. The highest BCUT2D eigenvalue weighted by Crippen LogP contribution is 2.20. The van der Waals surface area contributed by atoms with Crippen LogP contribution in [0.25, 0.3) is 0 Å². The van der Waals surface area contributed by atoms with Crippen LogP contribution in [0.1, 0.15) is 11.1 Å². The van der Waals surface area contributed by atoms with E-state index in [1.165, 1.54) is 6.07 Å². The predicted octanol–water partition coefficient (Wildman–Crippen LogP) is 3.37. The minimum absolute atomic E-state index is 0.146. The van der Waals surface area contributed by atoms with Crippen molar-refractivity contribution in [2.45, 2.75) is 13.6 Å². The van der Waals surface area contributed by atoms with Crippen LogP contribution in [-0.2, 0) is 6.67 Å². The highest BCUT2D eigenvalue weighted by molar-refractivity contribution is 9.10. The van der Waals surface area contributed by atoms with E-state index in [1.807, 2.05) is 0 Å². The Labute approximate surface area is 72.4 Å². The maximum atomic E-state index is 12.8. The summed E-state index contributed by atoms with van der Waals surface area (Å²) < 4.78 is 25.6. The number of benzene rings is 1. The quantitative estimate of drug-likeness (QED) is 0.681. The maximum Gasteiger partial charge on any atom is 0.130 e. The summed E-state index contributed by atoms with van der Waals surface area (Å²) in [6, 6.07) is 2.96. The zero-order valence-electron chi connectivity index (χ0n) is 6.00. The number of aryl methyl sites for hydroxylation is 1. The number of halogens is 3. The summed E-state index contributed by atoms with van der Waals surface area (Å²) in [5, 5.41) is 0. The van der Waals surface area contributed by atoms with Crippen molar-refractivity contribution >= 4 is 15.9 Å². The monoisotopic (exact) mass is 220 g/mol. The first-order valence-electron chi connectivity index (χ1n) is 3.15. The van der Waals surface area contributed by atoms with Crippen LogP contribution in [0.15, 0.2) is 16.6 Å². The first-order chi connectivity index (χ1) is 5.15. The van der Waals surface area contributed by atoms with Gasteiger partial charge in [0.15, 0.2) is 0 Å². The van der Waals surface area contributed by atoms with E-state index in [0.717, 1.165) is 0 Å². The van der Waals surface area contributed by atoms with Crippen molar-refractivity contribution in [3.8, 4) is 0 Å². The van der Waals surface area contributed by atoms with Crippen molar-refractivity contribution in [3.05, 3.63) is 33.5 Å². The summed E-state index contributed by atoms with van der Waals surface area (Å²) in [6.07, 6.45) is 0. The van der Waals surface area contributed by atoms with E-state index in [4.69, 9.17) is 0 Å². The fraction of sp³-hybridized carbons (Fsp3) is 0.250. The smallest absolute Gasteiger partial charge is 0.130 e. The number of alkyl halides is 1. The average Bonchev–Trinajstić information content (AvgIpc) is 1.85. The lowest BCUT2D eigenvalue weighted by Crippen LogP contribution is -1.91. The SMILES string of the molecule is Cc1cc(Br)cc(F)c1CF. The predicted molar refractivity (Wildman–Crippen MR) is 43.6 cm³/mol. The molecular weight excluding hydrogens is 214 g/mol. The van der Waals surface area contributed by atoms with Crippen LogP contribution in [0.2, 0.25) is 0 Å². The molecule has 0 N–H and O–H groups in total. The van der Waals surface area contributed by atoms with Crippen molar-refractivity contribution in [2.24, 2.45) is 0 Å². The van der Waals surface area contributed by atoms with E-state index in [2.05, 4.69) is 15.9 Å². The van der Waals surface area contributed by atoms with Gasteiger partial charge in [-0.25, -0.2) is 8.78 Å². The molecule has 60 valence electrons. The second-order valence-electron chi connectivity index (χ2n) is 2.32. The molecule has 0 spiro atoms. The molecule has 0 heterocycles. The molecule has 0 aliphatic carbocycles. The van der Waals surface area contributed by atoms with Crippen molar-refractivity contribution < 1.29 is 8.78 Å². The molecule has 0 bridgehead atoms. The van der Waals surface area contributed by atoms with Crippen LogP contribution in [-0.4, -0.2) is 0 Å². The van der Waals surface area contributed by atoms with Gasteiger partial charge in [-0.05, 0) is 24.6 Å². The molecule has 0 saturated carbocycles. The van der Waals surface area contributed by atoms with E-state index in [0.29, 0.717) is 10.0 Å². The highest BCUT2D eigenvalue weighted by atomic mass is 79.9. The van der Waals surface area contributed by atoms with E-state index in [-0.39, 0.29) is 5.56 Å². The van der Waals surface area contributed by atoms with E-state index < -0.39 is 12.5 Å². The van der Waals surface area contributed by atoms with E-state index in [1.54, 1.807) is 13.0 Å². The Morgan fingerprint density at radius 1 is 1.45 bits per heavy atom. The van der Waals surface area contributed by atoms with Gasteiger partial charge in [-0.3, -0.25) is 0 Å². The summed E-state index contributed by atoms with van der Waals surface area (Å²) in [5.74, 6) is -0.487. The molecule has 0 fully saturated rings. The van der Waals surface area contributed by atoms with Crippen LogP contribution in [0, 0.1) is 12.7 Å². The molecule has 0 radical (unpaired) electrons. The standard InChI is InChI=1S/C8H7BrF2/c1-5-2-6(9)3-8(11)7(5)4-10/h2-3H,4H2,1H3. The Kier molecular flexibility index (Phi) is 2.60. The minimum atomic E-state index is -0.745. The molecule has 1 aromatic rings. The lowest BCUT2D eigenvalue weighted by Gasteiger charge is -2.02. The van der Waals surface area contributed by atoms with Gasteiger partial charge in [-0.1, -0.05) is 15.9 Å². The van der Waals surface area contributed by atoms with Gasteiger partial charge in [0.05, 0.1) is 0 Å². The number of hydrogen-bond donors (Lipinski definition) is 0. The summed E-state index contributed by atoms with van der Waals surface area (Å²) in [7, 11) is 0. The van der Waals surface area contributed by atoms with Crippen molar-refractivity contribution in [1.29, 1.82) is 0 Å². The molecule has 1 aromatic carbocycles. The normalized spacial score (nSPS) is 10.2. The Bertz CT molecular complexity index is 248. The van der Waals surface area contributed by atoms with Crippen molar-refractivity contribution in [2.75, 3.05) is 0 Å². The van der Waals surface area contributed by atoms with Gasteiger partial charge in [-0.2, -0.15) is 0 Å². The fourth-order valence-corrected chi connectivity index (χ4v) is 1.45. The van der Waals surface area contributed by atoms with Crippen LogP contribution in [0.5, 0.6) is 0 Å². The second kappa shape index (κ2) is 3.30. The topological polar surface area (TPSA) is 0 Å². The Morgan fingerprint density at radius 2 is 2.09 bits per heavy atom. The van der Waals surface area contributed by atoms with Crippen LogP contribution >= 0.6 is 15.9 Å². The third-order valence-electron chi connectivity index (χ3n) is 1.52. The van der Waals surface area contributed by atoms with Gasteiger partial charge in [0.1, 0.15) is 12.5 Å². The molecule has 0 saturated heterocycles. The van der Waals surface area contributed by atoms with Gasteiger partial charge >= 0.3 is 0 Å². The first-order valence-corrected chi connectivity index (χ1v) is 3.95. The molecule has 3 heteroatoms. The second-order valence-corrected chi connectivity index (χ2v) is 3.23. The van der Waals surface area contributed by atoms with Crippen molar-refractivity contribution in [3.63, 3.8) is 0 Å². The maximum absolute atomic E-state index is 12.8. The lowest BCUT2D eigenvalue weighted by atomic mass is 10.1. The van der Waals surface area contributed by atoms with E-state index >= 15 is 0 Å². The zero-order valence-corrected chi connectivity index (χ0v) is 7.58. The molecule has 0 aliphatic heterocycles. The van der Waals surface area contributed by atoms with Gasteiger partial charge in [0.2, 0.25) is 0 Å². The third kappa shape index (κ3) is 1.77. The molecule has 11 heavy (non-hydrogen) atoms. The fourth-order valence-electron chi connectivity index (χ4n) is 0.901. The minimum Gasteiger partial charge on any atom is -0.246 e. The summed E-state index contributed by atoms with van der Waals surface area (Å²) >= 11 is 3.11. The molecule has 0 aliphatic rings. The van der Waals surface area contributed by atoms with Gasteiger partial charge in [0, 0.05) is 10.0 Å². The summed E-state index contributed by atoms with van der Waals surface area (Å²) in [5.41, 5.74) is 0.785. The average molecular weight is 221 g/mol.